The molecule has 31 heavy (non-hydrogen) atoms. The smallest absolute Gasteiger partial charge is 0.243 e. The van der Waals surface area contributed by atoms with E-state index in [0.29, 0.717) is 25.8 Å². The zero-order valence-electron chi connectivity index (χ0n) is 18.1. The van der Waals surface area contributed by atoms with Crippen LogP contribution in [0.5, 0.6) is 5.75 Å². The number of methoxy groups -OCH3 is 1. The second kappa shape index (κ2) is 9.78. The summed E-state index contributed by atoms with van der Waals surface area (Å²) in [6.45, 7) is 4.41. The summed E-state index contributed by atoms with van der Waals surface area (Å²) in [7, 11) is -2.15. The maximum atomic E-state index is 13.2. The molecule has 1 aliphatic heterocycles. The third-order valence-corrected chi connectivity index (χ3v) is 7.63. The van der Waals surface area contributed by atoms with Crippen LogP contribution in [0.15, 0.2) is 47.4 Å². The molecule has 0 spiro atoms. The Morgan fingerprint density at radius 2 is 1.97 bits per heavy atom. The number of nitrogens with one attached hydrogen (secondary N) is 1. The molecule has 0 bridgehead atoms. The quantitative estimate of drug-likeness (QED) is 0.699. The highest BCUT2D eigenvalue weighted by Gasteiger charge is 2.34. The van der Waals surface area contributed by atoms with E-state index in [9.17, 15) is 17.6 Å². The van der Waals surface area contributed by atoms with Gasteiger partial charge in [-0.3, -0.25) is 4.79 Å². The van der Waals surface area contributed by atoms with Crippen molar-refractivity contribution in [3.05, 3.63) is 59.4 Å². The molecule has 0 aliphatic carbocycles. The fraction of sp³-hybridized carbons (Fsp3) is 0.435. The number of amides is 1. The molecule has 2 aromatic rings. The van der Waals surface area contributed by atoms with Gasteiger partial charge in [0.25, 0.3) is 0 Å². The van der Waals surface area contributed by atoms with Crippen LogP contribution in [-0.2, 0) is 14.8 Å². The minimum Gasteiger partial charge on any atom is -0.496 e. The SMILES string of the molecule is CC[C@@H](NC(=O)[C@H]1CCCN(S(=O)(=O)c2ccc(F)cc2)C1)c1ccc(OC)c(C)c1. The first-order valence-corrected chi connectivity index (χ1v) is 11.9. The zero-order chi connectivity index (χ0) is 22.6. The molecular weight excluding hydrogens is 419 g/mol. The molecule has 2 aromatic carbocycles. The minimum atomic E-state index is -3.77. The lowest BCUT2D eigenvalue weighted by Crippen LogP contribution is -2.46. The predicted molar refractivity (Wildman–Crippen MR) is 117 cm³/mol. The van der Waals surface area contributed by atoms with E-state index in [1.165, 1.54) is 16.4 Å². The number of sulfonamides is 1. The van der Waals surface area contributed by atoms with Crippen LogP contribution in [0.4, 0.5) is 4.39 Å². The Kier molecular flexibility index (Phi) is 7.33. The van der Waals surface area contributed by atoms with Gasteiger partial charge in [-0.2, -0.15) is 4.31 Å². The van der Waals surface area contributed by atoms with E-state index in [1.807, 2.05) is 32.0 Å². The largest absolute Gasteiger partial charge is 0.496 e. The first kappa shape index (κ1) is 23.2. The van der Waals surface area contributed by atoms with Crippen molar-refractivity contribution in [2.75, 3.05) is 20.2 Å². The fourth-order valence-electron chi connectivity index (χ4n) is 3.96. The number of piperidine rings is 1. The molecule has 0 aromatic heterocycles. The molecule has 0 unspecified atom stereocenters. The van der Waals surface area contributed by atoms with Gasteiger partial charge in [-0.1, -0.05) is 19.1 Å². The van der Waals surface area contributed by atoms with Crippen molar-refractivity contribution in [2.24, 2.45) is 5.92 Å². The van der Waals surface area contributed by atoms with Crippen LogP contribution >= 0.6 is 0 Å². The second-order valence-electron chi connectivity index (χ2n) is 7.85. The molecule has 8 heteroatoms. The van der Waals surface area contributed by atoms with Crippen LogP contribution < -0.4 is 10.1 Å². The molecule has 168 valence electrons. The van der Waals surface area contributed by atoms with Crippen LogP contribution in [0, 0.1) is 18.7 Å². The van der Waals surface area contributed by atoms with E-state index >= 15 is 0 Å². The standard InChI is InChI=1S/C23H29FN2O4S/c1-4-21(17-7-12-22(30-3)16(2)14-17)25-23(27)18-6-5-13-26(15-18)31(28,29)20-10-8-19(24)9-11-20/h7-12,14,18,21H,4-6,13,15H2,1-3H3,(H,25,27)/t18-,21+/m0/s1. The molecular formula is C23H29FN2O4S. The number of benzene rings is 2. The van der Waals surface area contributed by atoms with E-state index in [0.717, 1.165) is 29.0 Å². The Labute approximate surface area is 183 Å². The number of aryl methyl sites for hydroxylation is 1. The zero-order valence-corrected chi connectivity index (χ0v) is 18.9. The molecule has 2 atom stereocenters. The predicted octanol–water partition coefficient (Wildman–Crippen LogP) is 3.81. The third-order valence-electron chi connectivity index (χ3n) is 5.75. The van der Waals surface area contributed by atoms with Crippen LogP contribution in [0.25, 0.3) is 0 Å². The van der Waals surface area contributed by atoms with Crippen LogP contribution in [0.2, 0.25) is 0 Å². The van der Waals surface area contributed by atoms with Crippen molar-refractivity contribution in [1.82, 2.24) is 9.62 Å². The van der Waals surface area contributed by atoms with Gasteiger partial charge in [0, 0.05) is 13.1 Å². The van der Waals surface area contributed by atoms with E-state index in [4.69, 9.17) is 4.74 Å². The van der Waals surface area contributed by atoms with Gasteiger partial charge in [0.2, 0.25) is 15.9 Å². The maximum Gasteiger partial charge on any atom is 0.243 e. The van der Waals surface area contributed by atoms with Crippen molar-refractivity contribution in [3.8, 4) is 5.75 Å². The van der Waals surface area contributed by atoms with E-state index in [2.05, 4.69) is 5.32 Å². The Balaban J connectivity index is 1.71. The third kappa shape index (κ3) is 5.25. The van der Waals surface area contributed by atoms with Crippen molar-refractivity contribution in [2.45, 2.75) is 44.0 Å². The van der Waals surface area contributed by atoms with Gasteiger partial charge in [0.05, 0.1) is 24.0 Å². The second-order valence-corrected chi connectivity index (χ2v) is 9.79. The van der Waals surface area contributed by atoms with Gasteiger partial charge in [0.15, 0.2) is 0 Å². The first-order chi connectivity index (χ1) is 14.8. The topological polar surface area (TPSA) is 75.7 Å². The highest BCUT2D eigenvalue weighted by molar-refractivity contribution is 7.89. The van der Waals surface area contributed by atoms with Crippen molar-refractivity contribution in [3.63, 3.8) is 0 Å². The number of hydrogen-bond acceptors (Lipinski definition) is 4. The van der Waals surface area contributed by atoms with Crippen LogP contribution in [0.1, 0.15) is 43.4 Å². The molecule has 1 aliphatic rings. The number of carbonyl (C=O) groups excluding carboxylic acids is 1. The van der Waals surface area contributed by atoms with E-state index < -0.39 is 21.8 Å². The molecule has 0 saturated carbocycles. The van der Waals surface area contributed by atoms with Gasteiger partial charge in [0.1, 0.15) is 11.6 Å². The first-order valence-electron chi connectivity index (χ1n) is 10.5. The van der Waals surface area contributed by atoms with Crippen molar-refractivity contribution < 1.29 is 22.3 Å². The number of carbonyl (C=O) groups is 1. The lowest BCUT2D eigenvalue weighted by molar-refractivity contribution is -0.126. The molecule has 1 N–H and O–H groups in total. The molecule has 0 radical (unpaired) electrons. The van der Waals surface area contributed by atoms with Gasteiger partial charge >= 0.3 is 0 Å². The number of ether oxygens (including phenoxy) is 1. The minimum absolute atomic E-state index is 0.0371. The molecule has 6 nitrogen and oxygen atoms in total. The van der Waals surface area contributed by atoms with Crippen molar-refractivity contribution >= 4 is 15.9 Å². The summed E-state index contributed by atoms with van der Waals surface area (Å²) in [5.41, 5.74) is 1.97. The maximum absolute atomic E-state index is 13.2. The summed E-state index contributed by atoms with van der Waals surface area (Å²) < 4.78 is 45.7. The Morgan fingerprint density at radius 1 is 1.26 bits per heavy atom. The number of halogens is 1. The number of nitrogens with zero attached hydrogens (tertiary/aromatic N) is 1. The number of rotatable bonds is 7. The molecule has 1 heterocycles. The van der Waals surface area contributed by atoms with Gasteiger partial charge in [-0.05, 0) is 67.6 Å². The summed E-state index contributed by atoms with van der Waals surface area (Å²) in [6, 6.07) is 10.4. The highest BCUT2D eigenvalue weighted by Crippen LogP contribution is 2.27. The van der Waals surface area contributed by atoms with Gasteiger partial charge in [-0.25, -0.2) is 12.8 Å². The Hall–Kier alpha value is -2.45. The van der Waals surface area contributed by atoms with E-state index in [-0.39, 0.29) is 23.4 Å². The lowest BCUT2D eigenvalue weighted by atomic mass is 9.96. The summed E-state index contributed by atoms with van der Waals surface area (Å²) >= 11 is 0. The Morgan fingerprint density at radius 3 is 2.58 bits per heavy atom. The van der Waals surface area contributed by atoms with Gasteiger partial charge < -0.3 is 10.1 Å². The molecule has 1 amide bonds. The highest BCUT2D eigenvalue weighted by atomic mass is 32.2. The summed E-state index contributed by atoms with van der Waals surface area (Å²) in [5.74, 6) is -0.287. The lowest BCUT2D eigenvalue weighted by Gasteiger charge is -2.32. The average Bonchev–Trinajstić information content (AvgIpc) is 2.77. The van der Waals surface area contributed by atoms with E-state index in [1.54, 1.807) is 7.11 Å². The molecule has 1 fully saturated rings. The van der Waals surface area contributed by atoms with Crippen molar-refractivity contribution in [1.29, 1.82) is 0 Å². The fourth-order valence-corrected chi connectivity index (χ4v) is 5.48. The summed E-state index contributed by atoms with van der Waals surface area (Å²) in [5, 5.41) is 3.09. The average molecular weight is 449 g/mol. The monoisotopic (exact) mass is 448 g/mol. The summed E-state index contributed by atoms with van der Waals surface area (Å²) in [6.07, 6.45) is 1.93. The molecule has 1 saturated heterocycles. The van der Waals surface area contributed by atoms with Crippen LogP contribution in [0.3, 0.4) is 0 Å². The summed E-state index contributed by atoms with van der Waals surface area (Å²) in [4.78, 5) is 13.0. The normalized spacial score (nSPS) is 18.4. The van der Waals surface area contributed by atoms with Crippen LogP contribution in [-0.4, -0.2) is 38.8 Å². The number of hydrogen-bond donors (Lipinski definition) is 1. The molecule has 3 rings (SSSR count). The van der Waals surface area contributed by atoms with Gasteiger partial charge in [-0.15, -0.1) is 0 Å². The Bertz CT molecular complexity index is 1020.